The Morgan fingerprint density at radius 1 is 1.38 bits per heavy atom. The van der Waals surface area contributed by atoms with Gasteiger partial charge in [0.25, 0.3) is 0 Å². The molecule has 114 valence electrons. The highest BCUT2D eigenvalue weighted by molar-refractivity contribution is 5.91. The molecule has 0 saturated carbocycles. The molecule has 1 fully saturated rings. The molecule has 21 heavy (non-hydrogen) atoms. The van der Waals surface area contributed by atoms with E-state index in [1.165, 1.54) is 6.07 Å². The summed E-state index contributed by atoms with van der Waals surface area (Å²) in [6.07, 6.45) is 0.172. The van der Waals surface area contributed by atoms with Crippen LogP contribution in [0.3, 0.4) is 0 Å². The third-order valence-electron chi connectivity index (χ3n) is 3.78. The Kier molecular flexibility index (Phi) is 4.96. The van der Waals surface area contributed by atoms with Crippen LogP contribution < -0.4 is 0 Å². The summed E-state index contributed by atoms with van der Waals surface area (Å²) in [7, 11) is 0. The topological polar surface area (TPSA) is 66.8 Å². The number of hydrogen-bond acceptors (Lipinski definition) is 3. The van der Waals surface area contributed by atoms with Gasteiger partial charge in [0.1, 0.15) is 0 Å². The van der Waals surface area contributed by atoms with Gasteiger partial charge in [0, 0.05) is 13.1 Å². The lowest BCUT2D eigenvalue weighted by Crippen LogP contribution is -2.48. The molecule has 1 heterocycles. The van der Waals surface area contributed by atoms with Crippen molar-refractivity contribution in [1.82, 2.24) is 4.90 Å². The molecule has 0 spiro atoms. The first-order valence-electron chi connectivity index (χ1n) is 7.19. The van der Waals surface area contributed by atoms with E-state index in [1.54, 1.807) is 23.1 Å². The smallest absolute Gasteiger partial charge is 0.335 e. The van der Waals surface area contributed by atoms with Crippen molar-refractivity contribution in [3.8, 4) is 0 Å². The number of hydrogen-bond donors (Lipinski definition) is 1. The number of amides is 1. The van der Waals surface area contributed by atoms with E-state index < -0.39 is 5.97 Å². The second kappa shape index (κ2) is 6.72. The average Bonchev–Trinajstić information content (AvgIpc) is 2.47. The summed E-state index contributed by atoms with van der Waals surface area (Å²) in [5, 5.41) is 9.16. The molecule has 5 nitrogen and oxygen atoms in total. The molecule has 1 atom stereocenters. The van der Waals surface area contributed by atoms with Gasteiger partial charge >= 0.3 is 5.97 Å². The third kappa shape index (κ3) is 3.82. The number of aromatic carboxylic acids is 1. The van der Waals surface area contributed by atoms with Crippen LogP contribution in [-0.4, -0.2) is 47.7 Å². The predicted octanol–water partition coefficient (Wildman–Crippen LogP) is 1.81. The van der Waals surface area contributed by atoms with Crippen LogP contribution in [0.25, 0.3) is 0 Å². The number of carboxylic acid groups (broad SMARTS) is 1. The largest absolute Gasteiger partial charge is 0.478 e. The van der Waals surface area contributed by atoms with Crippen LogP contribution >= 0.6 is 0 Å². The maximum absolute atomic E-state index is 12.4. The second-order valence-electron chi connectivity index (χ2n) is 5.63. The number of rotatable bonds is 4. The highest BCUT2D eigenvalue weighted by Crippen LogP contribution is 2.16. The molecule has 1 amide bonds. The fourth-order valence-corrected chi connectivity index (χ4v) is 2.46. The highest BCUT2D eigenvalue weighted by Gasteiger charge is 2.26. The molecule has 5 heteroatoms. The first-order chi connectivity index (χ1) is 9.99. The third-order valence-corrected chi connectivity index (χ3v) is 3.78. The zero-order valence-corrected chi connectivity index (χ0v) is 12.4. The van der Waals surface area contributed by atoms with Crippen LogP contribution in [0.4, 0.5) is 0 Å². The fraction of sp³-hybridized carbons (Fsp3) is 0.500. The Bertz CT molecular complexity index is 527. The van der Waals surface area contributed by atoms with Gasteiger partial charge in [0.15, 0.2) is 0 Å². The van der Waals surface area contributed by atoms with Crippen molar-refractivity contribution in [3.05, 3.63) is 35.4 Å². The van der Waals surface area contributed by atoms with Gasteiger partial charge in [-0.15, -0.1) is 0 Å². The minimum atomic E-state index is -1.000. The minimum Gasteiger partial charge on any atom is -0.478 e. The first-order valence-corrected chi connectivity index (χ1v) is 7.19. The van der Waals surface area contributed by atoms with E-state index in [-0.39, 0.29) is 24.0 Å². The van der Waals surface area contributed by atoms with Crippen LogP contribution in [0.15, 0.2) is 24.3 Å². The van der Waals surface area contributed by atoms with Gasteiger partial charge in [-0.25, -0.2) is 4.79 Å². The predicted molar refractivity (Wildman–Crippen MR) is 78.3 cm³/mol. The van der Waals surface area contributed by atoms with Gasteiger partial charge in [-0.3, -0.25) is 4.79 Å². The molecule has 1 saturated heterocycles. The van der Waals surface area contributed by atoms with E-state index in [0.717, 1.165) is 0 Å². The van der Waals surface area contributed by atoms with Gasteiger partial charge in [-0.1, -0.05) is 32.0 Å². The number of ether oxygens (including phenoxy) is 1. The van der Waals surface area contributed by atoms with E-state index in [2.05, 4.69) is 13.8 Å². The SMILES string of the molecule is CC(C)C1CN(C(=O)Cc2ccccc2C(=O)O)CCO1. The summed E-state index contributed by atoms with van der Waals surface area (Å²) in [6.45, 7) is 5.81. The summed E-state index contributed by atoms with van der Waals surface area (Å²) < 4.78 is 5.64. The number of nitrogens with zero attached hydrogens (tertiary/aromatic N) is 1. The molecule has 0 bridgehead atoms. The zero-order chi connectivity index (χ0) is 15.4. The van der Waals surface area contributed by atoms with Crippen molar-refractivity contribution in [2.24, 2.45) is 5.92 Å². The summed E-state index contributed by atoms with van der Waals surface area (Å²) in [5.74, 6) is -0.690. The van der Waals surface area contributed by atoms with Crippen LogP contribution in [0, 0.1) is 5.92 Å². The molecule has 0 aromatic heterocycles. The molecule has 0 aliphatic carbocycles. The Hall–Kier alpha value is -1.88. The monoisotopic (exact) mass is 291 g/mol. The fourth-order valence-electron chi connectivity index (χ4n) is 2.46. The van der Waals surface area contributed by atoms with Crippen LogP contribution in [0.1, 0.15) is 29.8 Å². The number of benzene rings is 1. The van der Waals surface area contributed by atoms with Crippen molar-refractivity contribution < 1.29 is 19.4 Å². The quantitative estimate of drug-likeness (QED) is 0.918. The van der Waals surface area contributed by atoms with E-state index >= 15 is 0 Å². The van der Waals surface area contributed by atoms with Crippen LogP contribution in [0.5, 0.6) is 0 Å². The van der Waals surface area contributed by atoms with Crippen molar-refractivity contribution >= 4 is 11.9 Å². The summed E-state index contributed by atoms with van der Waals surface area (Å²) in [4.78, 5) is 25.3. The molecule has 1 aliphatic rings. The normalized spacial score (nSPS) is 18.8. The van der Waals surface area contributed by atoms with Crippen molar-refractivity contribution in [2.45, 2.75) is 26.4 Å². The summed E-state index contributed by atoms with van der Waals surface area (Å²) >= 11 is 0. The number of carbonyl (C=O) groups excluding carboxylic acids is 1. The van der Waals surface area contributed by atoms with E-state index in [9.17, 15) is 9.59 Å². The van der Waals surface area contributed by atoms with Gasteiger partial charge in [0.05, 0.1) is 24.7 Å². The Morgan fingerprint density at radius 2 is 2.10 bits per heavy atom. The van der Waals surface area contributed by atoms with Gasteiger partial charge in [-0.05, 0) is 17.5 Å². The van der Waals surface area contributed by atoms with Gasteiger partial charge in [0.2, 0.25) is 5.91 Å². The number of carboxylic acids is 1. The molecule has 1 aromatic rings. The van der Waals surface area contributed by atoms with Crippen molar-refractivity contribution in [3.63, 3.8) is 0 Å². The highest BCUT2D eigenvalue weighted by atomic mass is 16.5. The van der Waals surface area contributed by atoms with Crippen LogP contribution in [-0.2, 0) is 16.0 Å². The lowest BCUT2D eigenvalue weighted by atomic mass is 10.0. The van der Waals surface area contributed by atoms with E-state index in [4.69, 9.17) is 9.84 Å². The second-order valence-corrected chi connectivity index (χ2v) is 5.63. The molecular weight excluding hydrogens is 270 g/mol. The summed E-state index contributed by atoms with van der Waals surface area (Å²) in [5.41, 5.74) is 0.752. The van der Waals surface area contributed by atoms with Gasteiger partial charge in [-0.2, -0.15) is 0 Å². The molecule has 1 aliphatic heterocycles. The molecule has 2 rings (SSSR count). The molecule has 1 unspecified atom stereocenters. The Balaban J connectivity index is 2.06. The lowest BCUT2D eigenvalue weighted by Gasteiger charge is -2.35. The van der Waals surface area contributed by atoms with Crippen molar-refractivity contribution in [2.75, 3.05) is 19.7 Å². The first kappa shape index (κ1) is 15.5. The zero-order valence-electron chi connectivity index (χ0n) is 12.4. The molecule has 0 radical (unpaired) electrons. The van der Waals surface area contributed by atoms with Gasteiger partial charge < -0.3 is 14.7 Å². The Morgan fingerprint density at radius 3 is 2.76 bits per heavy atom. The molecular formula is C16H21NO4. The molecule has 1 N–H and O–H groups in total. The minimum absolute atomic E-state index is 0.0438. The van der Waals surface area contributed by atoms with E-state index in [1.807, 2.05) is 0 Å². The summed E-state index contributed by atoms with van der Waals surface area (Å²) in [6, 6.07) is 6.65. The standard InChI is InChI=1S/C16H21NO4/c1-11(2)14-10-17(7-8-21-14)15(18)9-12-5-3-4-6-13(12)16(19)20/h3-6,11,14H,7-10H2,1-2H3,(H,19,20). The van der Waals surface area contributed by atoms with Crippen molar-refractivity contribution in [1.29, 1.82) is 0 Å². The Labute approximate surface area is 124 Å². The maximum Gasteiger partial charge on any atom is 0.335 e. The maximum atomic E-state index is 12.4. The van der Waals surface area contributed by atoms with Crippen LogP contribution in [0.2, 0.25) is 0 Å². The van der Waals surface area contributed by atoms with E-state index in [0.29, 0.717) is 31.2 Å². The lowest BCUT2D eigenvalue weighted by molar-refractivity contribution is -0.139. The number of carbonyl (C=O) groups is 2. The number of morpholine rings is 1. The average molecular weight is 291 g/mol. The molecule has 1 aromatic carbocycles.